The number of amides is 1. The van der Waals surface area contributed by atoms with Crippen molar-refractivity contribution in [2.75, 3.05) is 13.1 Å². The summed E-state index contributed by atoms with van der Waals surface area (Å²) in [6.45, 7) is 4.52. The second-order valence-electron chi connectivity index (χ2n) is 5.80. The summed E-state index contributed by atoms with van der Waals surface area (Å²) in [5, 5.41) is 3.47. The van der Waals surface area contributed by atoms with E-state index in [4.69, 9.17) is 0 Å². The standard InChI is InChI=1S/C16H22N4O/c1-12(11-20-9-5-8-16(20)21)17-10-15-18-13-6-3-4-7-14(13)19(15)2/h3-4,6-7,12,17H,5,8-11H2,1-2H3. The summed E-state index contributed by atoms with van der Waals surface area (Å²) < 4.78 is 2.12. The van der Waals surface area contributed by atoms with Gasteiger partial charge in [0.2, 0.25) is 5.91 Å². The summed E-state index contributed by atoms with van der Waals surface area (Å²) in [7, 11) is 2.04. The van der Waals surface area contributed by atoms with Gasteiger partial charge in [0.25, 0.3) is 0 Å². The van der Waals surface area contributed by atoms with Gasteiger partial charge in [0.15, 0.2) is 0 Å². The number of carbonyl (C=O) groups excluding carboxylic acids is 1. The molecule has 1 unspecified atom stereocenters. The van der Waals surface area contributed by atoms with Gasteiger partial charge in [-0.2, -0.15) is 0 Å². The van der Waals surface area contributed by atoms with Gasteiger partial charge in [0.1, 0.15) is 5.82 Å². The number of benzene rings is 1. The molecule has 21 heavy (non-hydrogen) atoms. The molecule has 1 amide bonds. The molecule has 1 aromatic carbocycles. The Kier molecular flexibility index (Phi) is 3.92. The third-order valence-corrected chi connectivity index (χ3v) is 4.15. The number of hydrogen-bond acceptors (Lipinski definition) is 3. The average molecular weight is 286 g/mol. The highest BCUT2D eigenvalue weighted by Crippen LogP contribution is 2.14. The summed E-state index contributed by atoms with van der Waals surface area (Å²) in [5.74, 6) is 1.31. The van der Waals surface area contributed by atoms with Gasteiger partial charge in [-0.05, 0) is 25.5 Å². The maximum atomic E-state index is 11.6. The fourth-order valence-electron chi connectivity index (χ4n) is 2.91. The molecule has 1 atom stereocenters. The molecule has 3 rings (SSSR count). The first-order valence-electron chi connectivity index (χ1n) is 7.56. The van der Waals surface area contributed by atoms with E-state index in [-0.39, 0.29) is 11.9 Å². The molecule has 2 aromatic rings. The number of carbonyl (C=O) groups is 1. The summed E-state index contributed by atoms with van der Waals surface area (Å²) in [6, 6.07) is 8.42. The van der Waals surface area contributed by atoms with Crippen molar-refractivity contribution >= 4 is 16.9 Å². The highest BCUT2D eigenvalue weighted by molar-refractivity contribution is 5.78. The molecule has 5 heteroatoms. The maximum Gasteiger partial charge on any atom is 0.222 e. The second kappa shape index (κ2) is 5.85. The van der Waals surface area contributed by atoms with Crippen LogP contribution in [0.1, 0.15) is 25.6 Å². The van der Waals surface area contributed by atoms with E-state index in [1.807, 2.05) is 30.1 Å². The molecule has 0 bridgehead atoms. The zero-order valence-corrected chi connectivity index (χ0v) is 12.7. The first-order valence-corrected chi connectivity index (χ1v) is 7.56. The van der Waals surface area contributed by atoms with Crippen LogP contribution in [0.3, 0.4) is 0 Å². The summed E-state index contributed by atoms with van der Waals surface area (Å²) >= 11 is 0. The predicted molar refractivity (Wildman–Crippen MR) is 82.8 cm³/mol. The van der Waals surface area contributed by atoms with Gasteiger partial charge in [0.05, 0.1) is 17.6 Å². The number of nitrogens with one attached hydrogen (secondary N) is 1. The topological polar surface area (TPSA) is 50.2 Å². The fraction of sp³-hybridized carbons (Fsp3) is 0.500. The Morgan fingerprint density at radius 3 is 2.90 bits per heavy atom. The van der Waals surface area contributed by atoms with Crippen molar-refractivity contribution in [3.8, 4) is 0 Å². The molecule has 2 heterocycles. The number of likely N-dealkylation sites (tertiary alicyclic amines) is 1. The molecule has 1 N–H and O–H groups in total. The number of imidazole rings is 1. The summed E-state index contributed by atoms with van der Waals surface area (Å²) in [5.41, 5.74) is 2.18. The van der Waals surface area contributed by atoms with Crippen LogP contribution in [0.2, 0.25) is 0 Å². The number of para-hydroxylation sites is 2. The van der Waals surface area contributed by atoms with Gasteiger partial charge in [-0.1, -0.05) is 12.1 Å². The second-order valence-corrected chi connectivity index (χ2v) is 5.80. The summed E-state index contributed by atoms with van der Waals surface area (Å²) in [4.78, 5) is 18.2. The van der Waals surface area contributed by atoms with Crippen molar-refractivity contribution in [3.63, 3.8) is 0 Å². The lowest BCUT2D eigenvalue weighted by atomic mass is 10.3. The normalized spacial score (nSPS) is 16.9. The highest BCUT2D eigenvalue weighted by atomic mass is 16.2. The van der Waals surface area contributed by atoms with Crippen LogP contribution in [-0.2, 0) is 18.4 Å². The lowest BCUT2D eigenvalue weighted by Gasteiger charge is -2.21. The Labute approximate surface area is 125 Å². The molecule has 1 aromatic heterocycles. The largest absolute Gasteiger partial charge is 0.341 e. The third kappa shape index (κ3) is 2.93. The SMILES string of the molecule is CC(CN1CCCC1=O)NCc1nc2ccccc2n1C. The minimum Gasteiger partial charge on any atom is -0.341 e. The number of fused-ring (bicyclic) bond motifs is 1. The zero-order valence-electron chi connectivity index (χ0n) is 12.7. The van der Waals surface area contributed by atoms with Crippen molar-refractivity contribution in [2.24, 2.45) is 7.05 Å². The summed E-state index contributed by atoms with van der Waals surface area (Å²) in [6.07, 6.45) is 1.70. The molecular formula is C16H22N4O. The van der Waals surface area contributed by atoms with E-state index in [0.717, 1.165) is 36.4 Å². The minimum absolute atomic E-state index is 0.270. The van der Waals surface area contributed by atoms with Crippen LogP contribution >= 0.6 is 0 Å². The number of aryl methyl sites for hydroxylation is 1. The Balaban J connectivity index is 1.61. The number of rotatable bonds is 5. The number of nitrogens with zero attached hydrogens (tertiary/aromatic N) is 3. The van der Waals surface area contributed by atoms with Gasteiger partial charge in [-0.3, -0.25) is 4.79 Å². The third-order valence-electron chi connectivity index (χ3n) is 4.15. The molecule has 1 aliphatic rings. The molecule has 0 saturated carbocycles. The van der Waals surface area contributed by atoms with E-state index in [2.05, 4.69) is 27.9 Å². The van der Waals surface area contributed by atoms with Crippen molar-refractivity contribution in [2.45, 2.75) is 32.4 Å². The lowest BCUT2D eigenvalue weighted by molar-refractivity contribution is -0.127. The highest BCUT2D eigenvalue weighted by Gasteiger charge is 2.21. The van der Waals surface area contributed by atoms with Gasteiger partial charge >= 0.3 is 0 Å². The van der Waals surface area contributed by atoms with E-state index in [0.29, 0.717) is 13.0 Å². The van der Waals surface area contributed by atoms with E-state index < -0.39 is 0 Å². The zero-order chi connectivity index (χ0) is 14.8. The Morgan fingerprint density at radius 1 is 1.38 bits per heavy atom. The van der Waals surface area contributed by atoms with Crippen LogP contribution < -0.4 is 5.32 Å². The molecule has 5 nitrogen and oxygen atoms in total. The van der Waals surface area contributed by atoms with Crippen molar-refractivity contribution in [1.82, 2.24) is 19.8 Å². The maximum absolute atomic E-state index is 11.6. The van der Waals surface area contributed by atoms with E-state index in [9.17, 15) is 4.79 Å². The van der Waals surface area contributed by atoms with Gasteiger partial charge < -0.3 is 14.8 Å². The van der Waals surface area contributed by atoms with Crippen LogP contribution in [-0.4, -0.2) is 39.5 Å². The number of hydrogen-bond donors (Lipinski definition) is 1. The first kappa shape index (κ1) is 14.1. The van der Waals surface area contributed by atoms with Gasteiger partial charge in [-0.15, -0.1) is 0 Å². The smallest absolute Gasteiger partial charge is 0.222 e. The molecule has 1 saturated heterocycles. The molecule has 112 valence electrons. The van der Waals surface area contributed by atoms with Crippen LogP contribution in [0.5, 0.6) is 0 Å². The van der Waals surface area contributed by atoms with Crippen molar-refractivity contribution < 1.29 is 4.79 Å². The van der Waals surface area contributed by atoms with Crippen LogP contribution in [0, 0.1) is 0 Å². The molecule has 0 spiro atoms. The van der Waals surface area contributed by atoms with E-state index in [1.165, 1.54) is 0 Å². The molecule has 1 fully saturated rings. The van der Waals surface area contributed by atoms with Gasteiger partial charge in [-0.25, -0.2) is 4.98 Å². The Morgan fingerprint density at radius 2 is 2.19 bits per heavy atom. The quantitative estimate of drug-likeness (QED) is 0.909. The molecule has 0 radical (unpaired) electrons. The van der Waals surface area contributed by atoms with Crippen molar-refractivity contribution in [3.05, 3.63) is 30.1 Å². The van der Waals surface area contributed by atoms with Crippen LogP contribution in [0.4, 0.5) is 0 Å². The molecular weight excluding hydrogens is 264 g/mol. The Bertz CT molecular complexity index is 649. The van der Waals surface area contributed by atoms with E-state index >= 15 is 0 Å². The Hall–Kier alpha value is -1.88. The first-order chi connectivity index (χ1) is 10.1. The molecule has 1 aliphatic heterocycles. The monoisotopic (exact) mass is 286 g/mol. The van der Waals surface area contributed by atoms with Crippen LogP contribution in [0.15, 0.2) is 24.3 Å². The molecule has 0 aliphatic carbocycles. The lowest BCUT2D eigenvalue weighted by Crippen LogP contribution is -2.39. The predicted octanol–water partition coefficient (Wildman–Crippen LogP) is 1.67. The minimum atomic E-state index is 0.270. The average Bonchev–Trinajstić information content (AvgIpc) is 3.02. The van der Waals surface area contributed by atoms with Crippen LogP contribution in [0.25, 0.3) is 11.0 Å². The van der Waals surface area contributed by atoms with Gasteiger partial charge in [0, 0.05) is 32.6 Å². The van der Waals surface area contributed by atoms with Crippen molar-refractivity contribution in [1.29, 1.82) is 0 Å². The van der Waals surface area contributed by atoms with E-state index in [1.54, 1.807) is 0 Å². The fourth-order valence-corrected chi connectivity index (χ4v) is 2.91. The number of aromatic nitrogens is 2.